The maximum absolute atomic E-state index is 12.4. The van der Waals surface area contributed by atoms with E-state index < -0.39 is 0 Å². The number of hydrogen-bond acceptors (Lipinski definition) is 2. The van der Waals surface area contributed by atoms with Crippen LogP contribution in [-0.2, 0) is 17.6 Å². The number of carbonyl (C=O) groups is 1. The zero-order valence-corrected chi connectivity index (χ0v) is 15.2. The summed E-state index contributed by atoms with van der Waals surface area (Å²) in [6.07, 6.45) is 12.4. The summed E-state index contributed by atoms with van der Waals surface area (Å²) in [5.41, 5.74) is 4.38. The summed E-state index contributed by atoms with van der Waals surface area (Å²) in [5.74, 6) is 0.231. The minimum atomic E-state index is 0.231. The molecule has 1 aliphatic heterocycles. The molecule has 0 bridgehead atoms. The molecule has 1 fully saturated rings. The van der Waals surface area contributed by atoms with Gasteiger partial charge in [-0.25, -0.2) is 0 Å². The van der Waals surface area contributed by atoms with Crippen LogP contribution in [0.5, 0.6) is 0 Å². The second-order valence-corrected chi connectivity index (χ2v) is 8.02. The van der Waals surface area contributed by atoms with E-state index in [0.29, 0.717) is 18.5 Å². The van der Waals surface area contributed by atoms with Gasteiger partial charge in [-0.15, -0.1) is 0 Å². The summed E-state index contributed by atoms with van der Waals surface area (Å²) in [4.78, 5) is 15.0. The van der Waals surface area contributed by atoms with E-state index in [1.165, 1.54) is 55.3 Å². The van der Waals surface area contributed by atoms with Crippen molar-refractivity contribution >= 4 is 5.91 Å². The standard InChI is InChI=1S/C22H30N2O/c25-22(13-17-7-2-1-3-8-17)23-20-11-6-12-24(16-20)21-14-18-9-4-5-10-19(18)15-21/h4-5,7,9-10,20-21H,1-3,6,8,11-16H2,(H,23,25). The van der Waals surface area contributed by atoms with Crippen LogP contribution >= 0.6 is 0 Å². The number of nitrogens with one attached hydrogen (secondary N) is 1. The predicted octanol–water partition coefficient (Wildman–Crippen LogP) is 3.62. The summed E-state index contributed by atoms with van der Waals surface area (Å²) >= 11 is 0. The van der Waals surface area contributed by atoms with E-state index >= 15 is 0 Å². The molecule has 25 heavy (non-hydrogen) atoms. The average Bonchev–Trinajstić information content (AvgIpc) is 3.07. The van der Waals surface area contributed by atoms with Crippen LogP contribution in [0, 0.1) is 0 Å². The van der Waals surface area contributed by atoms with Crippen LogP contribution in [0.15, 0.2) is 35.9 Å². The predicted molar refractivity (Wildman–Crippen MR) is 102 cm³/mol. The Bertz CT molecular complexity index is 626. The molecule has 0 aromatic heterocycles. The number of carbonyl (C=O) groups excluding carboxylic acids is 1. The molecule has 1 heterocycles. The van der Waals surface area contributed by atoms with Crippen LogP contribution in [0.3, 0.4) is 0 Å². The molecule has 1 atom stereocenters. The van der Waals surface area contributed by atoms with Crippen molar-refractivity contribution in [3.63, 3.8) is 0 Å². The number of amides is 1. The maximum Gasteiger partial charge on any atom is 0.224 e. The second kappa shape index (κ2) is 7.74. The van der Waals surface area contributed by atoms with Crippen molar-refractivity contribution < 1.29 is 4.79 Å². The SMILES string of the molecule is O=C(CC1=CCCCC1)NC1CCCN(C2Cc3ccccc3C2)C1. The van der Waals surface area contributed by atoms with E-state index in [-0.39, 0.29) is 5.91 Å². The molecule has 0 spiro atoms. The third-order valence-corrected chi connectivity index (χ3v) is 6.14. The Morgan fingerprint density at radius 2 is 1.92 bits per heavy atom. The van der Waals surface area contributed by atoms with E-state index in [1.54, 1.807) is 0 Å². The topological polar surface area (TPSA) is 32.3 Å². The maximum atomic E-state index is 12.4. The third kappa shape index (κ3) is 4.14. The van der Waals surface area contributed by atoms with Gasteiger partial charge >= 0.3 is 0 Å². The first-order valence-corrected chi connectivity index (χ1v) is 10.1. The van der Waals surface area contributed by atoms with Crippen molar-refractivity contribution in [1.29, 1.82) is 0 Å². The smallest absolute Gasteiger partial charge is 0.224 e. The minimum Gasteiger partial charge on any atom is -0.352 e. The number of benzene rings is 1. The lowest BCUT2D eigenvalue weighted by Crippen LogP contribution is -2.51. The number of likely N-dealkylation sites (tertiary alicyclic amines) is 1. The van der Waals surface area contributed by atoms with E-state index in [1.807, 2.05) is 0 Å². The first kappa shape index (κ1) is 16.8. The van der Waals surface area contributed by atoms with Crippen LogP contribution < -0.4 is 5.32 Å². The van der Waals surface area contributed by atoms with Gasteiger partial charge < -0.3 is 5.32 Å². The fraction of sp³-hybridized carbons (Fsp3) is 0.591. The first-order chi connectivity index (χ1) is 12.3. The Labute approximate surface area is 151 Å². The van der Waals surface area contributed by atoms with Gasteiger partial charge in [-0.05, 0) is 69.0 Å². The molecule has 134 valence electrons. The molecule has 1 aromatic rings. The van der Waals surface area contributed by atoms with E-state index in [0.717, 1.165) is 25.8 Å². The lowest BCUT2D eigenvalue weighted by Gasteiger charge is -2.37. The van der Waals surface area contributed by atoms with Crippen LogP contribution in [-0.4, -0.2) is 36.0 Å². The lowest BCUT2D eigenvalue weighted by atomic mass is 9.96. The fourth-order valence-corrected chi connectivity index (χ4v) is 4.80. The Kier molecular flexibility index (Phi) is 5.21. The lowest BCUT2D eigenvalue weighted by molar-refractivity contribution is -0.121. The molecule has 1 aromatic carbocycles. The molecule has 3 heteroatoms. The number of fused-ring (bicyclic) bond motifs is 1. The van der Waals surface area contributed by atoms with Crippen LogP contribution in [0.2, 0.25) is 0 Å². The van der Waals surface area contributed by atoms with Crippen molar-refractivity contribution in [1.82, 2.24) is 10.2 Å². The van der Waals surface area contributed by atoms with E-state index in [9.17, 15) is 4.79 Å². The number of piperidine rings is 1. The summed E-state index contributed by atoms with van der Waals surface area (Å²) in [7, 11) is 0. The molecule has 1 amide bonds. The molecule has 3 nitrogen and oxygen atoms in total. The Hall–Kier alpha value is -1.61. The number of rotatable bonds is 4. The zero-order valence-electron chi connectivity index (χ0n) is 15.2. The molecule has 0 saturated carbocycles. The van der Waals surface area contributed by atoms with Crippen LogP contribution in [0.25, 0.3) is 0 Å². The van der Waals surface area contributed by atoms with Gasteiger partial charge in [0.25, 0.3) is 0 Å². The molecule has 1 N–H and O–H groups in total. The number of nitrogens with zero attached hydrogens (tertiary/aromatic N) is 1. The molecule has 1 unspecified atom stereocenters. The zero-order chi connectivity index (χ0) is 17.1. The van der Waals surface area contributed by atoms with Crippen LogP contribution in [0.1, 0.15) is 56.1 Å². The summed E-state index contributed by atoms with van der Waals surface area (Å²) in [6, 6.07) is 9.81. The summed E-state index contributed by atoms with van der Waals surface area (Å²) < 4.78 is 0. The highest BCUT2D eigenvalue weighted by Crippen LogP contribution is 2.27. The first-order valence-electron chi connectivity index (χ1n) is 10.1. The molecular weight excluding hydrogens is 308 g/mol. The van der Waals surface area contributed by atoms with Gasteiger partial charge in [-0.2, -0.15) is 0 Å². The Balaban J connectivity index is 1.29. The molecule has 2 aliphatic carbocycles. The van der Waals surface area contributed by atoms with Crippen molar-refractivity contribution in [2.75, 3.05) is 13.1 Å². The molecule has 3 aliphatic rings. The highest BCUT2D eigenvalue weighted by Gasteiger charge is 2.30. The monoisotopic (exact) mass is 338 g/mol. The molecule has 4 rings (SSSR count). The van der Waals surface area contributed by atoms with Crippen molar-refractivity contribution in [3.8, 4) is 0 Å². The van der Waals surface area contributed by atoms with Gasteiger partial charge in [0, 0.05) is 25.0 Å². The van der Waals surface area contributed by atoms with E-state index in [2.05, 4.69) is 40.6 Å². The van der Waals surface area contributed by atoms with Gasteiger partial charge in [-0.3, -0.25) is 9.69 Å². The Morgan fingerprint density at radius 1 is 1.12 bits per heavy atom. The van der Waals surface area contributed by atoms with Gasteiger partial charge in [0.15, 0.2) is 0 Å². The molecule has 0 radical (unpaired) electrons. The Morgan fingerprint density at radius 3 is 2.64 bits per heavy atom. The quantitative estimate of drug-likeness (QED) is 0.851. The van der Waals surface area contributed by atoms with Gasteiger partial charge in [-0.1, -0.05) is 35.9 Å². The van der Waals surface area contributed by atoms with Gasteiger partial charge in [0.2, 0.25) is 5.91 Å². The molecule has 1 saturated heterocycles. The number of hydrogen-bond donors (Lipinski definition) is 1. The van der Waals surface area contributed by atoms with Crippen molar-refractivity contribution in [2.24, 2.45) is 0 Å². The second-order valence-electron chi connectivity index (χ2n) is 8.02. The van der Waals surface area contributed by atoms with Crippen molar-refractivity contribution in [2.45, 2.75) is 69.9 Å². The minimum absolute atomic E-state index is 0.231. The van der Waals surface area contributed by atoms with E-state index in [4.69, 9.17) is 0 Å². The van der Waals surface area contributed by atoms with Crippen LogP contribution in [0.4, 0.5) is 0 Å². The largest absolute Gasteiger partial charge is 0.352 e. The third-order valence-electron chi connectivity index (χ3n) is 6.14. The highest BCUT2D eigenvalue weighted by molar-refractivity contribution is 5.78. The average molecular weight is 338 g/mol. The number of allylic oxidation sites excluding steroid dienone is 1. The highest BCUT2D eigenvalue weighted by atomic mass is 16.1. The summed E-state index contributed by atoms with van der Waals surface area (Å²) in [5, 5.41) is 3.32. The normalized spacial score (nSPS) is 24.6. The summed E-state index contributed by atoms with van der Waals surface area (Å²) in [6.45, 7) is 2.19. The fourth-order valence-electron chi connectivity index (χ4n) is 4.80. The van der Waals surface area contributed by atoms with Gasteiger partial charge in [0.05, 0.1) is 0 Å². The van der Waals surface area contributed by atoms with Crippen molar-refractivity contribution in [3.05, 3.63) is 47.0 Å². The molecular formula is C22H30N2O. The van der Waals surface area contributed by atoms with Gasteiger partial charge in [0.1, 0.15) is 0 Å².